The lowest BCUT2D eigenvalue weighted by Crippen LogP contribution is -2.38. The van der Waals surface area contributed by atoms with E-state index in [-0.39, 0.29) is 42.5 Å². The van der Waals surface area contributed by atoms with Crippen molar-refractivity contribution in [2.75, 3.05) is 25.0 Å². The van der Waals surface area contributed by atoms with E-state index < -0.39 is 11.7 Å². The van der Waals surface area contributed by atoms with Gasteiger partial charge in [0.2, 0.25) is 11.8 Å². The summed E-state index contributed by atoms with van der Waals surface area (Å²) in [6.45, 7) is 1.65. The van der Waals surface area contributed by atoms with Crippen molar-refractivity contribution >= 4 is 29.9 Å². The minimum Gasteiger partial charge on any atom is -0.341 e. The third kappa shape index (κ3) is 3.75. The fraction of sp³-hybridized carbons (Fsp3) is 0.333. The van der Waals surface area contributed by atoms with Crippen molar-refractivity contribution < 1.29 is 14.0 Å². The van der Waals surface area contributed by atoms with E-state index in [9.17, 15) is 14.0 Å². The van der Waals surface area contributed by atoms with Crippen molar-refractivity contribution in [3.8, 4) is 0 Å². The number of nitrogens with two attached hydrogens (primary N) is 1. The second-order valence-electron chi connectivity index (χ2n) is 7.29. The summed E-state index contributed by atoms with van der Waals surface area (Å²) < 4.78 is 13.5. The molecule has 28 heavy (non-hydrogen) atoms. The maximum atomic E-state index is 13.5. The molecule has 2 aliphatic heterocycles. The number of benzene rings is 2. The van der Waals surface area contributed by atoms with Gasteiger partial charge in [-0.15, -0.1) is 12.4 Å². The molecular formula is C21H23ClFN3O2. The van der Waals surface area contributed by atoms with Crippen molar-refractivity contribution in [2.24, 2.45) is 11.7 Å². The molecule has 0 radical (unpaired) electrons. The molecule has 5 nitrogen and oxygen atoms in total. The van der Waals surface area contributed by atoms with Gasteiger partial charge in [-0.2, -0.15) is 0 Å². The van der Waals surface area contributed by atoms with E-state index in [1.807, 2.05) is 23.1 Å². The van der Waals surface area contributed by atoms with Crippen LogP contribution in [-0.4, -0.2) is 36.3 Å². The normalized spacial score (nSPS) is 23.6. The Bertz CT molecular complexity index is 877. The number of hydrogen-bond donors (Lipinski definition) is 2. The second kappa shape index (κ2) is 8.29. The van der Waals surface area contributed by atoms with Crippen LogP contribution in [0.4, 0.5) is 10.1 Å². The SMILES string of the molecule is Cl.NC[C@@H]1CN(C(=O)C2CC(=O)Nc3cc(F)ccc32)C[C@H]1c1ccccc1. The van der Waals surface area contributed by atoms with E-state index in [1.165, 1.54) is 17.7 Å². The zero-order chi connectivity index (χ0) is 19.0. The predicted octanol–water partition coefficient (Wildman–Crippen LogP) is 2.87. The molecule has 4 rings (SSSR count). The topological polar surface area (TPSA) is 75.4 Å². The van der Waals surface area contributed by atoms with Crippen molar-refractivity contribution in [2.45, 2.75) is 18.3 Å². The molecule has 2 heterocycles. The van der Waals surface area contributed by atoms with Crippen LogP contribution in [-0.2, 0) is 9.59 Å². The van der Waals surface area contributed by atoms with Crippen LogP contribution in [0.3, 0.4) is 0 Å². The van der Waals surface area contributed by atoms with Gasteiger partial charge in [0, 0.05) is 31.1 Å². The fourth-order valence-corrected chi connectivity index (χ4v) is 4.25. The molecule has 0 aliphatic carbocycles. The molecule has 7 heteroatoms. The van der Waals surface area contributed by atoms with Gasteiger partial charge in [0.25, 0.3) is 0 Å². The number of likely N-dealkylation sites (tertiary alicyclic amines) is 1. The van der Waals surface area contributed by atoms with E-state index >= 15 is 0 Å². The first-order valence-corrected chi connectivity index (χ1v) is 9.20. The van der Waals surface area contributed by atoms with Gasteiger partial charge in [0.15, 0.2) is 0 Å². The van der Waals surface area contributed by atoms with E-state index in [4.69, 9.17) is 5.73 Å². The number of amides is 2. The Morgan fingerprint density at radius 3 is 2.64 bits per heavy atom. The molecule has 0 aromatic heterocycles. The summed E-state index contributed by atoms with van der Waals surface area (Å²) in [7, 11) is 0. The first-order chi connectivity index (χ1) is 13.1. The van der Waals surface area contributed by atoms with Gasteiger partial charge in [-0.05, 0) is 35.7 Å². The van der Waals surface area contributed by atoms with E-state index in [0.29, 0.717) is 30.9 Å². The van der Waals surface area contributed by atoms with Gasteiger partial charge in [-0.1, -0.05) is 36.4 Å². The molecule has 2 amide bonds. The van der Waals surface area contributed by atoms with Gasteiger partial charge in [0.05, 0.1) is 5.92 Å². The Morgan fingerprint density at radius 1 is 1.18 bits per heavy atom. The largest absolute Gasteiger partial charge is 0.341 e. The maximum absolute atomic E-state index is 13.5. The first-order valence-electron chi connectivity index (χ1n) is 9.20. The Hall–Kier alpha value is -2.44. The highest BCUT2D eigenvalue weighted by atomic mass is 35.5. The monoisotopic (exact) mass is 403 g/mol. The van der Waals surface area contributed by atoms with E-state index in [1.54, 1.807) is 6.07 Å². The molecule has 0 spiro atoms. The first kappa shape index (κ1) is 20.3. The lowest BCUT2D eigenvalue weighted by molar-refractivity contribution is -0.134. The molecule has 2 aliphatic rings. The average Bonchev–Trinajstić information content (AvgIpc) is 3.11. The van der Waals surface area contributed by atoms with Gasteiger partial charge in [0.1, 0.15) is 5.82 Å². The summed E-state index contributed by atoms with van der Waals surface area (Å²) in [6.07, 6.45) is 0.0806. The highest BCUT2D eigenvalue weighted by Gasteiger charge is 2.40. The molecule has 3 atom stereocenters. The molecule has 0 saturated carbocycles. The van der Waals surface area contributed by atoms with E-state index in [2.05, 4.69) is 17.4 Å². The summed E-state index contributed by atoms with van der Waals surface area (Å²) >= 11 is 0. The number of rotatable bonds is 3. The minimum absolute atomic E-state index is 0. The number of carbonyl (C=O) groups is 2. The molecule has 0 bridgehead atoms. The van der Waals surface area contributed by atoms with Crippen molar-refractivity contribution in [3.63, 3.8) is 0 Å². The summed E-state index contributed by atoms with van der Waals surface area (Å²) in [5.41, 5.74) is 8.21. The van der Waals surface area contributed by atoms with Gasteiger partial charge >= 0.3 is 0 Å². The van der Waals surface area contributed by atoms with Crippen molar-refractivity contribution in [1.82, 2.24) is 4.90 Å². The number of anilines is 1. The highest BCUT2D eigenvalue weighted by molar-refractivity contribution is 6.01. The zero-order valence-corrected chi connectivity index (χ0v) is 16.1. The smallest absolute Gasteiger partial charge is 0.230 e. The van der Waals surface area contributed by atoms with Crippen molar-refractivity contribution in [3.05, 3.63) is 65.5 Å². The second-order valence-corrected chi connectivity index (χ2v) is 7.29. The van der Waals surface area contributed by atoms with Crippen LogP contribution in [0.2, 0.25) is 0 Å². The Morgan fingerprint density at radius 2 is 1.93 bits per heavy atom. The molecule has 148 valence electrons. The highest BCUT2D eigenvalue weighted by Crippen LogP contribution is 2.38. The summed E-state index contributed by atoms with van der Waals surface area (Å²) in [5, 5.41) is 2.66. The van der Waals surface area contributed by atoms with Crippen LogP contribution >= 0.6 is 12.4 Å². The number of fused-ring (bicyclic) bond motifs is 1. The number of carbonyl (C=O) groups excluding carboxylic acids is 2. The zero-order valence-electron chi connectivity index (χ0n) is 15.3. The summed E-state index contributed by atoms with van der Waals surface area (Å²) in [6, 6.07) is 14.3. The van der Waals surface area contributed by atoms with Crippen LogP contribution in [0, 0.1) is 11.7 Å². The van der Waals surface area contributed by atoms with Crippen LogP contribution in [0.25, 0.3) is 0 Å². The molecule has 2 aromatic rings. The van der Waals surface area contributed by atoms with Crippen LogP contribution in [0.5, 0.6) is 0 Å². The lowest BCUT2D eigenvalue weighted by Gasteiger charge is -2.28. The number of nitrogens with zero attached hydrogens (tertiary/aromatic N) is 1. The molecule has 3 N–H and O–H groups in total. The average molecular weight is 404 g/mol. The quantitative estimate of drug-likeness (QED) is 0.827. The van der Waals surface area contributed by atoms with Gasteiger partial charge in [-0.25, -0.2) is 4.39 Å². The van der Waals surface area contributed by atoms with Crippen LogP contribution in [0.1, 0.15) is 29.4 Å². The Balaban J connectivity index is 0.00000225. The number of nitrogens with one attached hydrogen (secondary N) is 1. The summed E-state index contributed by atoms with van der Waals surface area (Å²) in [4.78, 5) is 27.1. The predicted molar refractivity (Wildman–Crippen MR) is 108 cm³/mol. The Kier molecular flexibility index (Phi) is 6.01. The molecular weight excluding hydrogens is 381 g/mol. The molecule has 1 fully saturated rings. The molecule has 1 unspecified atom stereocenters. The lowest BCUT2D eigenvalue weighted by atomic mass is 9.89. The van der Waals surface area contributed by atoms with E-state index in [0.717, 1.165) is 0 Å². The minimum atomic E-state index is -0.581. The van der Waals surface area contributed by atoms with Crippen LogP contribution < -0.4 is 11.1 Å². The number of halogens is 2. The summed E-state index contributed by atoms with van der Waals surface area (Å²) in [5.74, 6) is -1.00. The Labute approximate surface area is 169 Å². The third-order valence-corrected chi connectivity index (χ3v) is 5.64. The molecule has 2 aromatic carbocycles. The van der Waals surface area contributed by atoms with Crippen molar-refractivity contribution in [1.29, 1.82) is 0 Å². The maximum Gasteiger partial charge on any atom is 0.230 e. The van der Waals surface area contributed by atoms with Gasteiger partial charge < -0.3 is 16.0 Å². The number of hydrogen-bond acceptors (Lipinski definition) is 3. The standard InChI is InChI=1S/C21H22FN3O2.ClH/c22-15-6-7-16-17(9-20(26)24-19(16)8-15)21(27)25-11-14(10-23)18(12-25)13-4-2-1-3-5-13;/h1-8,14,17-18H,9-12,23H2,(H,24,26);1H/t14-,17?,18+;/m1./s1. The molecule has 1 saturated heterocycles. The van der Waals surface area contributed by atoms with Gasteiger partial charge in [-0.3, -0.25) is 9.59 Å². The van der Waals surface area contributed by atoms with Crippen LogP contribution in [0.15, 0.2) is 48.5 Å². The third-order valence-electron chi connectivity index (χ3n) is 5.64. The fourth-order valence-electron chi connectivity index (χ4n) is 4.25.